The Labute approximate surface area is 263 Å². The summed E-state index contributed by atoms with van der Waals surface area (Å²) >= 11 is 0. The van der Waals surface area contributed by atoms with Crippen LogP contribution < -0.4 is 4.74 Å². The summed E-state index contributed by atoms with van der Waals surface area (Å²) in [6.07, 6.45) is 4.80. The van der Waals surface area contributed by atoms with Gasteiger partial charge in [0.1, 0.15) is 21.9 Å². The number of likely N-dealkylation sites (N-methyl/N-ethyl adjacent to an activating group) is 1. The Morgan fingerprint density at radius 2 is 1.68 bits per heavy atom. The highest BCUT2D eigenvalue weighted by Gasteiger charge is 2.39. The van der Waals surface area contributed by atoms with E-state index in [0.29, 0.717) is 13.0 Å². The number of hydrogen-bond acceptors (Lipinski definition) is 7. The molecule has 2 atom stereocenters. The van der Waals surface area contributed by atoms with Crippen LogP contribution >= 0.6 is 0 Å². The molecule has 0 saturated carbocycles. The quantitative estimate of drug-likeness (QED) is 0.121. The Morgan fingerprint density at radius 1 is 0.977 bits per heavy atom. The Kier molecular flexibility index (Phi) is 13.0. The van der Waals surface area contributed by atoms with Crippen molar-refractivity contribution in [2.24, 2.45) is 0 Å². The lowest BCUT2D eigenvalue weighted by atomic mass is 9.84. The van der Waals surface area contributed by atoms with Crippen LogP contribution in [0.4, 0.5) is 0 Å². The van der Waals surface area contributed by atoms with Crippen molar-refractivity contribution in [1.82, 2.24) is 0 Å². The van der Waals surface area contributed by atoms with Gasteiger partial charge >= 0.3 is 5.97 Å². The fourth-order valence-corrected chi connectivity index (χ4v) is 6.18. The van der Waals surface area contributed by atoms with E-state index in [1.807, 2.05) is 0 Å². The number of carbonyl (C=O) groups excluding carboxylic acids is 1. The maximum absolute atomic E-state index is 12.5. The molecule has 3 aromatic carbocycles. The highest BCUT2D eigenvalue weighted by molar-refractivity contribution is 7.85. The molecule has 1 aliphatic heterocycles. The Bertz CT molecular complexity index is 1490. The zero-order valence-corrected chi connectivity index (χ0v) is 27.5. The van der Waals surface area contributed by atoms with E-state index in [-0.39, 0.29) is 23.5 Å². The van der Waals surface area contributed by atoms with E-state index < -0.39 is 10.1 Å². The molecule has 0 aliphatic carbocycles. The van der Waals surface area contributed by atoms with Crippen LogP contribution in [-0.4, -0.2) is 69.0 Å². The van der Waals surface area contributed by atoms with Crippen molar-refractivity contribution in [1.29, 1.82) is 0 Å². The number of ether oxygens (including phenoxy) is 2. The molecule has 44 heavy (non-hydrogen) atoms. The normalized spacial score (nSPS) is 17.7. The second-order valence-corrected chi connectivity index (χ2v) is 13.2. The molecule has 0 bridgehead atoms. The smallest absolute Gasteiger partial charge is 0.311 e. The molecule has 9 heteroatoms. The van der Waals surface area contributed by atoms with Gasteiger partial charge in [-0.25, -0.2) is 8.42 Å². The van der Waals surface area contributed by atoms with E-state index in [0.717, 1.165) is 61.0 Å². The molecule has 1 aliphatic rings. The van der Waals surface area contributed by atoms with Gasteiger partial charge in [0.25, 0.3) is 0 Å². The van der Waals surface area contributed by atoms with Gasteiger partial charge in [-0.3, -0.25) is 4.79 Å². The van der Waals surface area contributed by atoms with Crippen LogP contribution in [0.25, 0.3) is 0 Å². The van der Waals surface area contributed by atoms with Crippen LogP contribution in [0.15, 0.2) is 65.6 Å². The maximum atomic E-state index is 12.5. The minimum atomic E-state index is -4.25. The Balaban J connectivity index is 0.000000448. The third-order valence-electron chi connectivity index (χ3n) is 8.58. The number of fused-ring (bicyclic) bond motifs is 1. The fraction of sp³-hybridized carbons (Fsp3) is 0.457. The summed E-state index contributed by atoms with van der Waals surface area (Å²) in [7, 11) is -0.232. The highest BCUT2D eigenvalue weighted by Crippen LogP contribution is 2.39. The standard InChI is InChI=1S/C29H42NO4.C6H6O3S/c1-21-9-10-24(20-28(21)33-5)19-27-26-18-23(3)22(2)17-25(26)11-13-30(27,4)14-12-29(32)34-16-8-6-7-15-31;7-10(8,9)6-4-2-1-3-5-6/h9-10,17-18,20,27,31H,6-8,11-16,19H2,1-5H3;1-5H,(H,7,8,9)/q+1;/p-1/t27-,30-;/m1./s1. The number of unbranched alkanes of at least 4 members (excludes halogenated alkanes) is 2. The number of aliphatic hydroxyl groups is 1. The third kappa shape index (κ3) is 9.89. The van der Waals surface area contributed by atoms with Gasteiger partial charge in [-0.15, -0.1) is 0 Å². The highest BCUT2D eigenvalue weighted by atomic mass is 32.2. The molecule has 8 nitrogen and oxygen atoms in total. The summed E-state index contributed by atoms with van der Waals surface area (Å²) in [5, 5.41) is 8.89. The molecule has 240 valence electrons. The van der Waals surface area contributed by atoms with E-state index in [1.165, 1.54) is 52.1 Å². The number of hydrogen-bond donors (Lipinski definition) is 1. The van der Waals surface area contributed by atoms with Crippen LogP contribution in [0.2, 0.25) is 0 Å². The van der Waals surface area contributed by atoms with Crippen molar-refractivity contribution in [2.45, 2.75) is 70.2 Å². The molecule has 0 unspecified atom stereocenters. The van der Waals surface area contributed by atoms with Gasteiger partial charge in [0, 0.05) is 25.0 Å². The zero-order chi connectivity index (χ0) is 32.3. The molecule has 1 heterocycles. The molecule has 0 saturated heterocycles. The van der Waals surface area contributed by atoms with E-state index in [4.69, 9.17) is 14.6 Å². The number of carbonyl (C=O) groups is 1. The second kappa shape index (κ2) is 16.2. The lowest BCUT2D eigenvalue weighted by Crippen LogP contribution is -2.53. The maximum Gasteiger partial charge on any atom is 0.311 e. The van der Waals surface area contributed by atoms with E-state index in [9.17, 15) is 17.8 Å². The average Bonchev–Trinajstić information content (AvgIpc) is 3.00. The van der Waals surface area contributed by atoms with E-state index in [2.05, 4.69) is 58.2 Å². The number of quaternary nitrogens is 1. The first-order chi connectivity index (χ1) is 20.9. The van der Waals surface area contributed by atoms with Crippen LogP contribution in [-0.2, 0) is 32.5 Å². The molecular weight excluding hydrogens is 578 g/mol. The van der Waals surface area contributed by atoms with Gasteiger partial charge in [0.05, 0.1) is 45.2 Å². The first-order valence-corrected chi connectivity index (χ1v) is 16.6. The summed E-state index contributed by atoms with van der Waals surface area (Å²) in [5.41, 5.74) is 7.91. The monoisotopic (exact) mass is 625 g/mol. The molecule has 0 fully saturated rings. The lowest BCUT2D eigenvalue weighted by Gasteiger charge is -2.46. The van der Waals surface area contributed by atoms with Crippen molar-refractivity contribution >= 4 is 16.1 Å². The third-order valence-corrected chi connectivity index (χ3v) is 9.43. The summed E-state index contributed by atoms with van der Waals surface area (Å²) in [5.74, 6) is 0.803. The van der Waals surface area contributed by atoms with Gasteiger partial charge in [0.15, 0.2) is 0 Å². The van der Waals surface area contributed by atoms with Crippen molar-refractivity contribution in [3.05, 3.63) is 94.0 Å². The van der Waals surface area contributed by atoms with E-state index in [1.54, 1.807) is 13.2 Å². The van der Waals surface area contributed by atoms with Gasteiger partial charge < -0.3 is 23.6 Å². The summed E-state index contributed by atoms with van der Waals surface area (Å²) in [6.45, 7) is 8.85. The van der Waals surface area contributed by atoms with Crippen molar-refractivity contribution in [2.75, 3.05) is 40.5 Å². The van der Waals surface area contributed by atoms with Crippen molar-refractivity contribution in [3.8, 4) is 5.75 Å². The number of esters is 1. The number of rotatable bonds is 12. The Hall–Kier alpha value is -3.24. The van der Waals surface area contributed by atoms with Crippen LogP contribution in [0.1, 0.15) is 65.1 Å². The first-order valence-electron chi connectivity index (χ1n) is 15.2. The van der Waals surface area contributed by atoms with E-state index >= 15 is 0 Å². The Morgan fingerprint density at radius 3 is 2.32 bits per heavy atom. The molecule has 1 N–H and O–H groups in total. The summed E-state index contributed by atoms with van der Waals surface area (Å²) in [4.78, 5) is 12.3. The van der Waals surface area contributed by atoms with Gasteiger partial charge in [0.2, 0.25) is 0 Å². The largest absolute Gasteiger partial charge is 0.744 e. The molecule has 0 spiro atoms. The number of nitrogens with zero attached hydrogens (tertiary/aromatic N) is 1. The predicted molar refractivity (Wildman–Crippen MR) is 171 cm³/mol. The van der Waals surface area contributed by atoms with Crippen LogP contribution in [0.3, 0.4) is 0 Å². The summed E-state index contributed by atoms with van der Waals surface area (Å²) < 4.78 is 42.7. The number of aliphatic hydroxyl groups excluding tert-OH is 1. The minimum absolute atomic E-state index is 0.120. The van der Waals surface area contributed by atoms with Crippen LogP contribution in [0, 0.1) is 20.8 Å². The first kappa shape index (κ1) is 35.2. The fourth-order valence-electron chi connectivity index (χ4n) is 5.69. The minimum Gasteiger partial charge on any atom is -0.744 e. The van der Waals surface area contributed by atoms with Gasteiger partial charge in [-0.2, -0.15) is 0 Å². The number of methoxy groups -OCH3 is 1. The summed E-state index contributed by atoms with van der Waals surface area (Å²) in [6, 6.07) is 18.7. The predicted octanol–water partition coefficient (Wildman–Crippen LogP) is 5.59. The molecule has 0 aromatic heterocycles. The number of aryl methyl sites for hydroxylation is 3. The molecule has 0 radical (unpaired) electrons. The lowest BCUT2D eigenvalue weighted by molar-refractivity contribution is -0.940. The average molecular weight is 626 g/mol. The zero-order valence-electron chi connectivity index (χ0n) is 26.7. The molecule has 3 aromatic rings. The topological polar surface area (TPSA) is 113 Å². The molecular formula is C35H47NO7S. The second-order valence-electron chi connectivity index (χ2n) is 11.9. The van der Waals surface area contributed by atoms with Gasteiger partial charge in [-0.05, 0) is 92.1 Å². The van der Waals surface area contributed by atoms with Crippen LogP contribution in [0.5, 0.6) is 5.75 Å². The van der Waals surface area contributed by atoms with Crippen molar-refractivity contribution in [3.63, 3.8) is 0 Å². The van der Waals surface area contributed by atoms with Gasteiger partial charge in [-0.1, -0.05) is 36.4 Å². The van der Waals surface area contributed by atoms with Crippen molar-refractivity contribution < 1.29 is 36.8 Å². The molecule has 0 amide bonds. The SMILES string of the molecule is COc1cc(C[C@@H]2c3cc(C)c(C)cc3CC[N@+]2(C)CCC(=O)OCCCCCO)ccc1C.O=S(=O)([O-])c1ccccc1. The number of benzene rings is 3. The molecule has 4 rings (SSSR count).